The van der Waals surface area contributed by atoms with Crippen LogP contribution in [0, 0.1) is 11.2 Å². The third kappa shape index (κ3) is 4.95. The fraction of sp³-hybridized carbons (Fsp3) is 0.400. The lowest BCUT2D eigenvalue weighted by atomic mass is 9.82. The molecule has 21 heavy (non-hydrogen) atoms. The first-order chi connectivity index (χ1) is 9.36. The summed E-state index contributed by atoms with van der Waals surface area (Å²) in [5.74, 6) is -0.211. The minimum absolute atomic E-state index is 0. The predicted molar refractivity (Wildman–Crippen MR) is 89.2 cm³/mol. The molecule has 2 aromatic rings. The number of aromatic nitrogens is 1. The molecule has 0 radical (unpaired) electrons. The van der Waals surface area contributed by atoms with Gasteiger partial charge in [0.05, 0.1) is 0 Å². The van der Waals surface area contributed by atoms with E-state index in [1.807, 2.05) is 12.1 Å². The highest BCUT2D eigenvalue weighted by Gasteiger charge is 2.25. The Hall–Kier alpha value is -1.17. The highest BCUT2D eigenvalue weighted by molar-refractivity contribution is 7.15. The molecule has 1 heterocycles. The topological polar surface area (TPSA) is 50.9 Å². The Balaban J connectivity index is 0.00000220. The van der Waals surface area contributed by atoms with Gasteiger partial charge in [-0.2, -0.15) is 0 Å². The fourth-order valence-corrected chi connectivity index (χ4v) is 2.82. The molecule has 0 amide bonds. The van der Waals surface area contributed by atoms with Crippen LogP contribution in [0.3, 0.4) is 0 Å². The first-order valence-corrected chi connectivity index (χ1v) is 7.37. The summed E-state index contributed by atoms with van der Waals surface area (Å²) in [5, 5.41) is 4.10. The molecule has 1 aromatic carbocycles. The molecule has 0 aliphatic carbocycles. The van der Waals surface area contributed by atoms with Crippen molar-refractivity contribution in [1.82, 2.24) is 10.3 Å². The van der Waals surface area contributed by atoms with E-state index in [0.29, 0.717) is 11.7 Å². The van der Waals surface area contributed by atoms with E-state index in [1.54, 1.807) is 6.20 Å². The average molecular weight is 330 g/mol. The molecule has 0 saturated carbocycles. The van der Waals surface area contributed by atoms with Crippen LogP contribution in [-0.4, -0.2) is 4.98 Å². The maximum Gasteiger partial charge on any atom is 0.180 e. The van der Waals surface area contributed by atoms with Crippen LogP contribution in [0.1, 0.15) is 37.3 Å². The Kier molecular flexibility index (Phi) is 6.13. The van der Waals surface area contributed by atoms with Crippen molar-refractivity contribution in [2.24, 2.45) is 5.41 Å². The number of benzene rings is 1. The zero-order valence-electron chi connectivity index (χ0n) is 12.4. The van der Waals surface area contributed by atoms with Crippen LogP contribution in [0.5, 0.6) is 0 Å². The van der Waals surface area contributed by atoms with Crippen molar-refractivity contribution in [1.29, 1.82) is 0 Å². The van der Waals surface area contributed by atoms with E-state index in [0.717, 1.165) is 10.4 Å². The Labute approximate surface area is 135 Å². The summed E-state index contributed by atoms with van der Waals surface area (Å²) in [4.78, 5) is 5.14. The molecule has 0 bridgehead atoms. The van der Waals surface area contributed by atoms with Crippen molar-refractivity contribution in [2.45, 2.75) is 33.4 Å². The van der Waals surface area contributed by atoms with Crippen LogP contribution in [0.25, 0.3) is 0 Å². The number of nitrogens with two attached hydrogens (primary N) is 1. The summed E-state index contributed by atoms with van der Waals surface area (Å²) in [7, 11) is 0. The number of hydrogen-bond acceptors (Lipinski definition) is 4. The molecule has 0 saturated heterocycles. The quantitative estimate of drug-likeness (QED) is 0.885. The van der Waals surface area contributed by atoms with Gasteiger partial charge in [0.1, 0.15) is 5.82 Å². The average Bonchev–Trinajstić information content (AvgIpc) is 2.76. The highest BCUT2D eigenvalue weighted by Crippen LogP contribution is 2.33. The molecular formula is C15H21ClFN3S. The van der Waals surface area contributed by atoms with E-state index in [9.17, 15) is 4.39 Å². The molecule has 1 atom stereocenters. The Bertz CT molecular complexity index is 563. The maximum absolute atomic E-state index is 13.1. The van der Waals surface area contributed by atoms with Crippen LogP contribution in [0.2, 0.25) is 0 Å². The molecular weight excluding hydrogens is 309 g/mol. The van der Waals surface area contributed by atoms with Gasteiger partial charge in [-0.05, 0) is 23.1 Å². The fourth-order valence-electron chi connectivity index (χ4n) is 2.19. The van der Waals surface area contributed by atoms with E-state index < -0.39 is 0 Å². The summed E-state index contributed by atoms with van der Waals surface area (Å²) in [6.45, 7) is 7.19. The molecule has 1 aromatic heterocycles. The van der Waals surface area contributed by atoms with E-state index >= 15 is 0 Å². The molecule has 0 aliphatic rings. The molecule has 3 nitrogen and oxygen atoms in total. The van der Waals surface area contributed by atoms with Crippen LogP contribution < -0.4 is 11.1 Å². The first kappa shape index (κ1) is 17.9. The van der Waals surface area contributed by atoms with Gasteiger partial charge < -0.3 is 11.1 Å². The summed E-state index contributed by atoms with van der Waals surface area (Å²) >= 11 is 1.48. The standard InChI is InChI=1S/C15H20FN3S.ClH/c1-15(2,3)13(10-4-6-11(16)7-5-10)18-8-12-9-19-14(17)20-12;/h4-7,9,13,18H,8H2,1-3H3,(H2,17,19);1H. The van der Waals surface area contributed by atoms with Gasteiger partial charge in [0.15, 0.2) is 5.13 Å². The summed E-state index contributed by atoms with van der Waals surface area (Å²) in [6.07, 6.45) is 1.79. The largest absolute Gasteiger partial charge is 0.375 e. The van der Waals surface area contributed by atoms with Crippen LogP contribution in [0.15, 0.2) is 30.5 Å². The molecule has 1 unspecified atom stereocenters. The van der Waals surface area contributed by atoms with Crippen molar-refractivity contribution in [3.05, 3.63) is 46.7 Å². The number of anilines is 1. The predicted octanol–water partition coefficient (Wildman–Crippen LogP) is 4.16. The van der Waals surface area contributed by atoms with E-state index in [2.05, 4.69) is 31.1 Å². The van der Waals surface area contributed by atoms with Gasteiger partial charge in [0.2, 0.25) is 0 Å². The number of hydrogen-bond donors (Lipinski definition) is 2. The number of rotatable bonds is 4. The van der Waals surface area contributed by atoms with Gasteiger partial charge in [-0.25, -0.2) is 9.37 Å². The van der Waals surface area contributed by atoms with Crippen LogP contribution in [0.4, 0.5) is 9.52 Å². The lowest BCUT2D eigenvalue weighted by Crippen LogP contribution is -2.31. The number of nitrogen functional groups attached to an aromatic ring is 1. The number of thiazole rings is 1. The monoisotopic (exact) mass is 329 g/mol. The van der Waals surface area contributed by atoms with Crippen LogP contribution in [-0.2, 0) is 6.54 Å². The minimum Gasteiger partial charge on any atom is -0.375 e. The van der Waals surface area contributed by atoms with Gasteiger partial charge in [-0.1, -0.05) is 32.9 Å². The van der Waals surface area contributed by atoms with Gasteiger partial charge >= 0.3 is 0 Å². The number of nitrogens with one attached hydrogen (secondary N) is 1. The second kappa shape index (κ2) is 7.20. The van der Waals surface area contributed by atoms with Gasteiger partial charge in [-0.15, -0.1) is 23.7 Å². The Morgan fingerprint density at radius 1 is 1.29 bits per heavy atom. The second-order valence-electron chi connectivity index (χ2n) is 5.90. The summed E-state index contributed by atoms with van der Waals surface area (Å²) in [5.41, 5.74) is 6.74. The number of halogens is 2. The summed E-state index contributed by atoms with van der Waals surface area (Å²) < 4.78 is 13.1. The molecule has 0 spiro atoms. The molecule has 116 valence electrons. The molecule has 3 N–H and O–H groups in total. The van der Waals surface area contributed by atoms with E-state index in [-0.39, 0.29) is 29.7 Å². The Morgan fingerprint density at radius 2 is 1.90 bits per heavy atom. The van der Waals surface area contributed by atoms with Crippen molar-refractivity contribution < 1.29 is 4.39 Å². The SMILES string of the molecule is CC(C)(C)C(NCc1cnc(N)s1)c1ccc(F)cc1.Cl. The van der Waals surface area contributed by atoms with Crippen molar-refractivity contribution in [3.8, 4) is 0 Å². The maximum atomic E-state index is 13.1. The number of nitrogens with zero attached hydrogens (tertiary/aromatic N) is 1. The summed E-state index contributed by atoms with van der Waals surface area (Å²) in [6, 6.07) is 6.80. The minimum atomic E-state index is -0.211. The normalized spacial score (nSPS) is 12.8. The second-order valence-corrected chi connectivity index (χ2v) is 7.04. The van der Waals surface area contributed by atoms with Crippen LogP contribution >= 0.6 is 23.7 Å². The third-order valence-electron chi connectivity index (χ3n) is 3.12. The smallest absolute Gasteiger partial charge is 0.180 e. The lowest BCUT2D eigenvalue weighted by Gasteiger charge is -2.32. The molecule has 2 rings (SSSR count). The highest BCUT2D eigenvalue weighted by atomic mass is 35.5. The van der Waals surface area contributed by atoms with Crippen molar-refractivity contribution >= 4 is 28.9 Å². The molecule has 6 heteroatoms. The first-order valence-electron chi connectivity index (χ1n) is 6.55. The third-order valence-corrected chi connectivity index (χ3v) is 3.95. The van der Waals surface area contributed by atoms with Crippen molar-refractivity contribution in [2.75, 3.05) is 5.73 Å². The molecule has 0 fully saturated rings. The van der Waals surface area contributed by atoms with Crippen molar-refractivity contribution in [3.63, 3.8) is 0 Å². The van der Waals surface area contributed by atoms with Gasteiger partial charge in [0.25, 0.3) is 0 Å². The van der Waals surface area contributed by atoms with Gasteiger partial charge in [-0.3, -0.25) is 0 Å². The van der Waals surface area contributed by atoms with E-state index in [1.165, 1.54) is 23.5 Å². The zero-order chi connectivity index (χ0) is 14.8. The Morgan fingerprint density at radius 3 is 2.38 bits per heavy atom. The zero-order valence-corrected chi connectivity index (χ0v) is 14.0. The van der Waals surface area contributed by atoms with E-state index in [4.69, 9.17) is 5.73 Å². The molecule has 0 aliphatic heterocycles. The van der Waals surface area contributed by atoms with Gasteiger partial charge in [0, 0.05) is 23.7 Å². The lowest BCUT2D eigenvalue weighted by molar-refractivity contribution is 0.271.